The summed E-state index contributed by atoms with van der Waals surface area (Å²) < 4.78 is 5.07. The molecular weight excluding hydrogens is 178 g/mol. The van der Waals surface area contributed by atoms with Crippen LogP contribution in [0.2, 0.25) is 0 Å². The number of hydrogen-bond acceptors (Lipinski definition) is 3. The van der Waals surface area contributed by atoms with E-state index < -0.39 is 0 Å². The van der Waals surface area contributed by atoms with Gasteiger partial charge in [-0.3, -0.25) is 0 Å². The molecule has 0 aliphatic heterocycles. The highest BCUT2D eigenvalue weighted by atomic mass is 16.5. The number of rotatable bonds is 4. The molecule has 2 N–H and O–H groups in total. The van der Waals surface area contributed by atoms with Gasteiger partial charge in [-0.15, -0.1) is 0 Å². The second-order valence-corrected chi connectivity index (χ2v) is 3.33. The molecule has 0 saturated carbocycles. The Kier molecular flexibility index (Phi) is 3.92. The van der Waals surface area contributed by atoms with Crippen molar-refractivity contribution in [3.05, 3.63) is 28.8 Å². The molecule has 3 nitrogen and oxygen atoms in total. The van der Waals surface area contributed by atoms with Crippen LogP contribution < -0.4 is 5.32 Å². The summed E-state index contributed by atoms with van der Waals surface area (Å²) in [5.41, 5.74) is 2.86. The highest BCUT2D eigenvalue weighted by molar-refractivity contribution is 5.44. The maximum absolute atomic E-state index is 9.84. The molecule has 0 atom stereocenters. The van der Waals surface area contributed by atoms with Crippen molar-refractivity contribution < 1.29 is 9.84 Å². The number of ether oxygens (including phenoxy) is 1. The summed E-state index contributed by atoms with van der Waals surface area (Å²) in [5.74, 6) is 0.369. The SMILES string of the molecule is CNCc1c(COC)ccc(C)c1O. The molecule has 1 rings (SSSR count). The average Bonchev–Trinajstić information content (AvgIpc) is 2.18. The molecular formula is C11H17NO2. The van der Waals surface area contributed by atoms with Crippen LogP contribution >= 0.6 is 0 Å². The lowest BCUT2D eigenvalue weighted by atomic mass is 10.0. The molecule has 0 aliphatic carbocycles. The molecule has 3 heteroatoms. The summed E-state index contributed by atoms with van der Waals surface area (Å²) >= 11 is 0. The standard InChI is InChI=1S/C11H17NO2/c1-8-4-5-9(7-14-3)10(6-12-2)11(8)13/h4-5,12-13H,6-7H2,1-3H3. The summed E-state index contributed by atoms with van der Waals surface area (Å²) in [7, 11) is 3.51. The van der Waals surface area contributed by atoms with E-state index in [0.717, 1.165) is 16.7 Å². The Bertz CT molecular complexity index is 310. The molecule has 0 heterocycles. The molecule has 1 aromatic rings. The van der Waals surface area contributed by atoms with Crippen molar-refractivity contribution in [3.63, 3.8) is 0 Å². The van der Waals surface area contributed by atoms with Gasteiger partial charge in [0.2, 0.25) is 0 Å². The van der Waals surface area contributed by atoms with Crippen LogP contribution in [-0.2, 0) is 17.9 Å². The molecule has 0 spiro atoms. The fourth-order valence-corrected chi connectivity index (χ4v) is 1.46. The second kappa shape index (κ2) is 4.98. The van der Waals surface area contributed by atoms with Crippen molar-refractivity contribution in [1.82, 2.24) is 5.32 Å². The predicted octanol–water partition coefficient (Wildman–Crippen LogP) is 1.57. The zero-order valence-electron chi connectivity index (χ0n) is 8.92. The van der Waals surface area contributed by atoms with Crippen molar-refractivity contribution in [3.8, 4) is 5.75 Å². The molecule has 0 bridgehead atoms. The smallest absolute Gasteiger partial charge is 0.123 e. The third kappa shape index (κ3) is 2.25. The lowest BCUT2D eigenvalue weighted by Crippen LogP contribution is -2.09. The van der Waals surface area contributed by atoms with Gasteiger partial charge in [-0.05, 0) is 25.1 Å². The Morgan fingerprint density at radius 1 is 1.43 bits per heavy atom. The molecule has 0 aliphatic rings. The maximum atomic E-state index is 9.84. The van der Waals surface area contributed by atoms with Gasteiger partial charge in [0.25, 0.3) is 0 Å². The zero-order valence-corrected chi connectivity index (χ0v) is 8.92. The molecule has 0 amide bonds. The number of benzene rings is 1. The molecule has 1 aromatic carbocycles. The molecule has 14 heavy (non-hydrogen) atoms. The first-order valence-electron chi connectivity index (χ1n) is 4.64. The van der Waals surface area contributed by atoms with Crippen LogP contribution in [0, 0.1) is 6.92 Å². The number of aryl methyl sites for hydroxylation is 1. The van der Waals surface area contributed by atoms with E-state index in [4.69, 9.17) is 4.74 Å². The molecule has 0 radical (unpaired) electrons. The van der Waals surface area contributed by atoms with Crippen LogP contribution in [0.4, 0.5) is 0 Å². The number of aromatic hydroxyl groups is 1. The van der Waals surface area contributed by atoms with Gasteiger partial charge in [0.1, 0.15) is 5.75 Å². The summed E-state index contributed by atoms with van der Waals surface area (Å²) in [6.07, 6.45) is 0. The third-order valence-corrected chi connectivity index (χ3v) is 2.23. The number of hydrogen-bond donors (Lipinski definition) is 2. The van der Waals surface area contributed by atoms with Gasteiger partial charge in [-0.1, -0.05) is 12.1 Å². The number of nitrogens with one attached hydrogen (secondary N) is 1. The van der Waals surface area contributed by atoms with E-state index in [1.165, 1.54) is 0 Å². The van der Waals surface area contributed by atoms with Gasteiger partial charge in [0.15, 0.2) is 0 Å². The minimum atomic E-state index is 0.369. The zero-order chi connectivity index (χ0) is 10.6. The van der Waals surface area contributed by atoms with Gasteiger partial charge >= 0.3 is 0 Å². The minimum Gasteiger partial charge on any atom is -0.507 e. The van der Waals surface area contributed by atoms with Crippen molar-refractivity contribution in [2.75, 3.05) is 14.2 Å². The lowest BCUT2D eigenvalue weighted by molar-refractivity contribution is 0.183. The third-order valence-electron chi connectivity index (χ3n) is 2.23. The molecule has 0 aromatic heterocycles. The quantitative estimate of drug-likeness (QED) is 0.766. The van der Waals surface area contributed by atoms with E-state index >= 15 is 0 Å². The first-order chi connectivity index (χ1) is 6.70. The summed E-state index contributed by atoms with van der Waals surface area (Å²) in [4.78, 5) is 0. The van der Waals surface area contributed by atoms with Crippen molar-refractivity contribution in [2.45, 2.75) is 20.1 Å². The highest BCUT2D eigenvalue weighted by Crippen LogP contribution is 2.25. The Balaban J connectivity index is 3.08. The number of phenolic OH excluding ortho intramolecular Hbond substituents is 1. The van der Waals surface area contributed by atoms with E-state index in [2.05, 4.69) is 5.32 Å². The van der Waals surface area contributed by atoms with Gasteiger partial charge in [-0.2, -0.15) is 0 Å². The summed E-state index contributed by atoms with van der Waals surface area (Å²) in [6, 6.07) is 3.90. The first-order valence-corrected chi connectivity index (χ1v) is 4.64. The van der Waals surface area contributed by atoms with E-state index in [1.807, 2.05) is 26.1 Å². The Hall–Kier alpha value is -1.06. The van der Waals surface area contributed by atoms with Crippen LogP contribution in [0.3, 0.4) is 0 Å². The Labute approximate surface area is 84.7 Å². The van der Waals surface area contributed by atoms with Crippen LogP contribution in [0.15, 0.2) is 12.1 Å². The van der Waals surface area contributed by atoms with Crippen molar-refractivity contribution in [2.24, 2.45) is 0 Å². The van der Waals surface area contributed by atoms with Crippen LogP contribution in [0.1, 0.15) is 16.7 Å². The second-order valence-electron chi connectivity index (χ2n) is 3.33. The lowest BCUT2D eigenvalue weighted by Gasteiger charge is -2.12. The summed E-state index contributed by atoms with van der Waals surface area (Å²) in [6.45, 7) is 3.09. The van der Waals surface area contributed by atoms with Gasteiger partial charge in [-0.25, -0.2) is 0 Å². The fraction of sp³-hybridized carbons (Fsp3) is 0.455. The number of methoxy groups -OCH3 is 1. The normalized spacial score (nSPS) is 10.5. The van der Waals surface area contributed by atoms with E-state index in [0.29, 0.717) is 18.9 Å². The van der Waals surface area contributed by atoms with Crippen LogP contribution in [-0.4, -0.2) is 19.3 Å². The van der Waals surface area contributed by atoms with Crippen LogP contribution in [0.5, 0.6) is 5.75 Å². The van der Waals surface area contributed by atoms with Gasteiger partial charge in [0.05, 0.1) is 6.61 Å². The summed E-state index contributed by atoms with van der Waals surface area (Å²) in [5, 5.41) is 12.9. The Morgan fingerprint density at radius 3 is 2.71 bits per heavy atom. The highest BCUT2D eigenvalue weighted by Gasteiger charge is 2.09. The minimum absolute atomic E-state index is 0.369. The maximum Gasteiger partial charge on any atom is 0.123 e. The topological polar surface area (TPSA) is 41.5 Å². The van der Waals surface area contributed by atoms with E-state index in [-0.39, 0.29) is 0 Å². The van der Waals surface area contributed by atoms with Gasteiger partial charge < -0.3 is 15.2 Å². The molecule has 0 fully saturated rings. The first kappa shape index (κ1) is 11.0. The molecule has 0 unspecified atom stereocenters. The monoisotopic (exact) mass is 195 g/mol. The van der Waals surface area contributed by atoms with E-state index in [9.17, 15) is 5.11 Å². The van der Waals surface area contributed by atoms with Crippen LogP contribution in [0.25, 0.3) is 0 Å². The van der Waals surface area contributed by atoms with Crippen molar-refractivity contribution in [1.29, 1.82) is 0 Å². The van der Waals surface area contributed by atoms with Crippen molar-refractivity contribution >= 4 is 0 Å². The van der Waals surface area contributed by atoms with Gasteiger partial charge in [0, 0.05) is 19.2 Å². The number of phenols is 1. The Morgan fingerprint density at radius 2 is 2.14 bits per heavy atom. The molecule has 0 saturated heterocycles. The predicted molar refractivity (Wildman–Crippen MR) is 56.3 cm³/mol. The molecule has 78 valence electrons. The largest absolute Gasteiger partial charge is 0.507 e. The average molecular weight is 195 g/mol. The fourth-order valence-electron chi connectivity index (χ4n) is 1.46. The van der Waals surface area contributed by atoms with E-state index in [1.54, 1.807) is 7.11 Å².